The van der Waals surface area contributed by atoms with Crippen molar-refractivity contribution in [1.29, 1.82) is 0 Å². The van der Waals surface area contributed by atoms with Gasteiger partial charge in [0.1, 0.15) is 17.0 Å². The summed E-state index contributed by atoms with van der Waals surface area (Å²) in [6.07, 6.45) is 1.59. The molecule has 0 fully saturated rings. The first-order chi connectivity index (χ1) is 12.4. The molecule has 0 radical (unpaired) electrons. The topological polar surface area (TPSA) is 61.2 Å². The predicted octanol–water partition coefficient (Wildman–Crippen LogP) is 3.83. The second-order valence-corrected chi connectivity index (χ2v) is 6.68. The number of aryl methyl sites for hydroxylation is 1. The minimum absolute atomic E-state index is 0.0126. The van der Waals surface area contributed by atoms with Crippen LogP contribution in [0.5, 0.6) is 0 Å². The highest BCUT2D eigenvalue weighted by Crippen LogP contribution is 2.23. The maximum absolute atomic E-state index is 13.2. The van der Waals surface area contributed by atoms with E-state index in [2.05, 4.69) is 20.9 Å². The van der Waals surface area contributed by atoms with Crippen molar-refractivity contribution in [2.75, 3.05) is 6.61 Å². The molecule has 26 heavy (non-hydrogen) atoms. The SMILES string of the molecule is CCOC(=O)c1c(C)c2cc(Br)cnc2n(Cc2ccc(F)cc2)c1=O. The van der Waals surface area contributed by atoms with E-state index in [4.69, 9.17) is 4.74 Å². The molecule has 3 aromatic rings. The van der Waals surface area contributed by atoms with E-state index >= 15 is 0 Å². The van der Waals surface area contributed by atoms with Gasteiger partial charge in [0.25, 0.3) is 5.56 Å². The molecule has 2 heterocycles. The van der Waals surface area contributed by atoms with E-state index in [0.29, 0.717) is 16.6 Å². The van der Waals surface area contributed by atoms with E-state index in [0.717, 1.165) is 10.0 Å². The molecule has 0 aliphatic rings. The van der Waals surface area contributed by atoms with Gasteiger partial charge in [0.05, 0.1) is 13.2 Å². The van der Waals surface area contributed by atoms with Crippen LogP contribution in [0.2, 0.25) is 0 Å². The first-order valence-corrected chi connectivity index (χ1v) is 8.82. The number of rotatable bonds is 4. The Bertz CT molecular complexity index is 1050. The molecule has 0 aliphatic carbocycles. The minimum atomic E-state index is -0.662. The molecule has 1 aromatic carbocycles. The third kappa shape index (κ3) is 3.39. The number of pyridine rings is 2. The lowest BCUT2D eigenvalue weighted by Crippen LogP contribution is -2.30. The predicted molar refractivity (Wildman–Crippen MR) is 99.9 cm³/mol. The van der Waals surface area contributed by atoms with Crippen molar-refractivity contribution in [3.05, 3.63) is 73.9 Å². The summed E-state index contributed by atoms with van der Waals surface area (Å²) < 4.78 is 20.4. The van der Waals surface area contributed by atoms with Crippen molar-refractivity contribution in [2.45, 2.75) is 20.4 Å². The van der Waals surface area contributed by atoms with E-state index in [9.17, 15) is 14.0 Å². The standard InChI is InChI=1S/C19H16BrFN2O3/c1-3-26-19(25)16-11(2)15-8-13(20)9-22-17(15)23(18(16)24)10-12-4-6-14(21)7-5-12/h4-9H,3,10H2,1-2H3. The Morgan fingerprint density at radius 2 is 2.00 bits per heavy atom. The average Bonchev–Trinajstić information content (AvgIpc) is 2.61. The van der Waals surface area contributed by atoms with Crippen LogP contribution in [0.3, 0.4) is 0 Å². The van der Waals surface area contributed by atoms with Crippen LogP contribution in [0.15, 0.2) is 45.8 Å². The van der Waals surface area contributed by atoms with Gasteiger partial charge in [-0.3, -0.25) is 9.36 Å². The molecule has 0 amide bonds. The Morgan fingerprint density at radius 3 is 2.65 bits per heavy atom. The number of carbonyl (C=O) groups excluding carboxylic acids is 1. The first-order valence-electron chi connectivity index (χ1n) is 8.02. The van der Waals surface area contributed by atoms with E-state index in [1.165, 1.54) is 16.7 Å². The zero-order chi connectivity index (χ0) is 18.8. The molecule has 0 aliphatic heterocycles. The van der Waals surface area contributed by atoms with Crippen LogP contribution in [0.4, 0.5) is 4.39 Å². The Kier molecular flexibility index (Phi) is 5.18. The fourth-order valence-electron chi connectivity index (χ4n) is 2.81. The molecule has 0 atom stereocenters. The van der Waals surface area contributed by atoms with Crippen LogP contribution in [-0.4, -0.2) is 22.1 Å². The number of fused-ring (bicyclic) bond motifs is 1. The molecule has 0 spiro atoms. The van der Waals surface area contributed by atoms with Gasteiger partial charge in [-0.1, -0.05) is 12.1 Å². The van der Waals surface area contributed by atoms with Crippen LogP contribution in [-0.2, 0) is 11.3 Å². The highest BCUT2D eigenvalue weighted by molar-refractivity contribution is 9.10. The Hall–Kier alpha value is -2.54. The van der Waals surface area contributed by atoms with Crippen molar-refractivity contribution < 1.29 is 13.9 Å². The second kappa shape index (κ2) is 7.37. The number of esters is 1. The summed E-state index contributed by atoms with van der Waals surface area (Å²) in [7, 11) is 0. The largest absolute Gasteiger partial charge is 0.462 e. The maximum Gasteiger partial charge on any atom is 0.344 e. The van der Waals surface area contributed by atoms with Gasteiger partial charge in [0.15, 0.2) is 0 Å². The number of carbonyl (C=O) groups is 1. The third-order valence-electron chi connectivity index (χ3n) is 4.06. The van der Waals surface area contributed by atoms with Crippen molar-refractivity contribution in [3.8, 4) is 0 Å². The smallest absolute Gasteiger partial charge is 0.344 e. The zero-order valence-corrected chi connectivity index (χ0v) is 15.8. The van der Waals surface area contributed by atoms with Crippen LogP contribution >= 0.6 is 15.9 Å². The van der Waals surface area contributed by atoms with Crippen LogP contribution in [0.1, 0.15) is 28.4 Å². The summed E-state index contributed by atoms with van der Waals surface area (Å²) >= 11 is 3.37. The van der Waals surface area contributed by atoms with E-state index in [-0.39, 0.29) is 24.5 Å². The van der Waals surface area contributed by atoms with Crippen LogP contribution < -0.4 is 5.56 Å². The fourth-order valence-corrected chi connectivity index (χ4v) is 3.14. The summed E-state index contributed by atoms with van der Waals surface area (Å²) in [5, 5.41) is 0.670. The molecule has 2 aromatic heterocycles. The lowest BCUT2D eigenvalue weighted by atomic mass is 10.1. The molecule has 134 valence electrons. The third-order valence-corrected chi connectivity index (χ3v) is 4.49. The van der Waals surface area contributed by atoms with Gasteiger partial charge >= 0.3 is 5.97 Å². The van der Waals surface area contributed by atoms with Gasteiger partial charge in [-0.15, -0.1) is 0 Å². The summed E-state index contributed by atoms with van der Waals surface area (Å²) in [6.45, 7) is 3.72. The van der Waals surface area contributed by atoms with Crippen molar-refractivity contribution in [1.82, 2.24) is 9.55 Å². The molecule has 0 N–H and O–H groups in total. The van der Waals surface area contributed by atoms with Gasteiger partial charge in [0, 0.05) is 16.1 Å². The highest BCUT2D eigenvalue weighted by atomic mass is 79.9. The van der Waals surface area contributed by atoms with Crippen LogP contribution in [0.25, 0.3) is 11.0 Å². The van der Waals surface area contributed by atoms with E-state index < -0.39 is 11.5 Å². The van der Waals surface area contributed by atoms with Gasteiger partial charge < -0.3 is 4.74 Å². The number of hydrogen-bond acceptors (Lipinski definition) is 4. The molecule has 0 saturated heterocycles. The number of hydrogen-bond donors (Lipinski definition) is 0. The summed E-state index contributed by atoms with van der Waals surface area (Å²) in [5.74, 6) is -1.02. The Labute approximate surface area is 157 Å². The van der Waals surface area contributed by atoms with Crippen molar-refractivity contribution in [3.63, 3.8) is 0 Å². The fraction of sp³-hybridized carbons (Fsp3) is 0.211. The zero-order valence-electron chi connectivity index (χ0n) is 14.3. The first kappa shape index (κ1) is 18.3. The number of aromatic nitrogens is 2. The lowest BCUT2D eigenvalue weighted by molar-refractivity contribution is 0.0523. The quantitative estimate of drug-likeness (QED) is 0.604. The molecule has 7 heteroatoms. The van der Waals surface area contributed by atoms with Gasteiger partial charge in [-0.2, -0.15) is 0 Å². The highest BCUT2D eigenvalue weighted by Gasteiger charge is 2.22. The number of halogens is 2. The molecule has 5 nitrogen and oxygen atoms in total. The second-order valence-electron chi connectivity index (χ2n) is 5.76. The van der Waals surface area contributed by atoms with E-state index in [1.807, 2.05) is 0 Å². The van der Waals surface area contributed by atoms with Gasteiger partial charge in [-0.05, 0) is 59.1 Å². The van der Waals surface area contributed by atoms with Crippen molar-refractivity contribution >= 4 is 32.9 Å². The molecule has 0 unspecified atom stereocenters. The molecule has 0 bridgehead atoms. The number of benzene rings is 1. The monoisotopic (exact) mass is 418 g/mol. The number of ether oxygens (including phenoxy) is 1. The van der Waals surface area contributed by atoms with Gasteiger partial charge in [0.2, 0.25) is 0 Å². The van der Waals surface area contributed by atoms with Crippen LogP contribution in [0, 0.1) is 12.7 Å². The van der Waals surface area contributed by atoms with Crippen molar-refractivity contribution in [2.24, 2.45) is 0 Å². The number of nitrogens with zero attached hydrogens (tertiary/aromatic N) is 2. The Balaban J connectivity index is 2.27. The summed E-state index contributed by atoms with van der Waals surface area (Å²) in [4.78, 5) is 29.7. The Morgan fingerprint density at radius 1 is 1.31 bits per heavy atom. The minimum Gasteiger partial charge on any atom is -0.462 e. The molecule has 0 saturated carbocycles. The molecular formula is C19H16BrFN2O3. The molecule has 3 rings (SSSR count). The summed E-state index contributed by atoms with van der Waals surface area (Å²) in [5.41, 5.74) is 1.20. The van der Waals surface area contributed by atoms with E-state index in [1.54, 1.807) is 38.2 Å². The van der Waals surface area contributed by atoms with Gasteiger partial charge in [-0.25, -0.2) is 14.2 Å². The lowest BCUT2D eigenvalue weighted by Gasteiger charge is -2.15. The maximum atomic E-state index is 13.2. The molecular weight excluding hydrogens is 403 g/mol. The average molecular weight is 419 g/mol. The normalized spacial score (nSPS) is 10.9. The summed E-state index contributed by atoms with van der Waals surface area (Å²) in [6, 6.07) is 7.65.